The summed E-state index contributed by atoms with van der Waals surface area (Å²) >= 11 is 8.21. The summed E-state index contributed by atoms with van der Waals surface area (Å²) in [6.45, 7) is 9.46. The average Bonchev–Trinajstić information content (AvgIpc) is 2.55. The summed E-state index contributed by atoms with van der Waals surface area (Å²) in [7, 11) is 1.35. The van der Waals surface area contributed by atoms with Crippen molar-refractivity contribution in [3.05, 3.63) is 0 Å². The molecule has 0 aliphatic carbocycles. The molecule has 1 N–H and O–H groups in total. The molecule has 0 rings (SSSR count). The molecule has 26 heavy (non-hydrogen) atoms. The number of rotatable bonds is 9. The fourth-order valence-corrected chi connectivity index (χ4v) is 5.09. The van der Waals surface area contributed by atoms with Crippen LogP contribution in [0.5, 0.6) is 0 Å². The molecule has 0 heterocycles. The van der Waals surface area contributed by atoms with Crippen LogP contribution >= 0.6 is 35.7 Å². The minimum Gasteiger partial charge on any atom is -0.481 e. The van der Waals surface area contributed by atoms with E-state index in [0.717, 1.165) is 3.53 Å². The zero-order valence-corrected chi connectivity index (χ0v) is 19.0. The fraction of sp³-hybridized carbons (Fsp3) is 0.778. The number of methoxy groups -OCH3 is 1. The molecule has 0 aliphatic heterocycles. The van der Waals surface area contributed by atoms with E-state index in [2.05, 4.69) is 6.07 Å². The second-order valence-corrected chi connectivity index (χ2v) is 11.3. The smallest absolute Gasteiger partial charge is 0.310 e. The van der Waals surface area contributed by atoms with Gasteiger partial charge in [-0.1, -0.05) is 26.1 Å². The van der Waals surface area contributed by atoms with E-state index in [1.807, 2.05) is 34.0 Å². The van der Waals surface area contributed by atoms with E-state index in [1.165, 1.54) is 30.6 Å². The molecule has 0 radical (unpaired) electrons. The summed E-state index contributed by atoms with van der Waals surface area (Å²) in [4.78, 5) is 23.5. The fourth-order valence-electron chi connectivity index (χ4n) is 2.72. The van der Waals surface area contributed by atoms with E-state index >= 15 is 0 Å². The Morgan fingerprint density at radius 2 is 1.81 bits per heavy atom. The predicted octanol–water partition coefficient (Wildman–Crippen LogP) is 4.75. The number of esters is 1. The standard InChI is InChI=1S/C18H29NO4S3/c1-16(2,18(5,11-19)9-8-13(20)21)10-12(14(22)23-6)17(3,4)26-15(24)25-7/h12H,8-10H2,1-7H3,(H,20,21). The number of nitriles is 1. The molecule has 0 spiro atoms. The van der Waals surface area contributed by atoms with Crippen LogP contribution in [-0.2, 0) is 14.3 Å². The normalized spacial score (nSPS) is 15.5. The summed E-state index contributed by atoms with van der Waals surface area (Å²) < 4.78 is 5.24. The lowest BCUT2D eigenvalue weighted by Crippen LogP contribution is -2.43. The van der Waals surface area contributed by atoms with E-state index in [0.29, 0.717) is 6.42 Å². The van der Waals surface area contributed by atoms with Crippen LogP contribution in [0, 0.1) is 28.1 Å². The van der Waals surface area contributed by atoms with Crippen LogP contribution in [0.3, 0.4) is 0 Å². The van der Waals surface area contributed by atoms with Crippen molar-refractivity contribution in [2.45, 2.75) is 58.6 Å². The molecule has 0 aromatic heterocycles. The molecule has 0 aliphatic rings. The third kappa shape index (κ3) is 6.75. The van der Waals surface area contributed by atoms with Crippen molar-refractivity contribution in [2.75, 3.05) is 13.4 Å². The quantitative estimate of drug-likeness (QED) is 0.423. The summed E-state index contributed by atoms with van der Waals surface area (Å²) in [6, 6.07) is 2.29. The Morgan fingerprint density at radius 1 is 1.27 bits per heavy atom. The molecule has 5 nitrogen and oxygen atoms in total. The van der Waals surface area contributed by atoms with Gasteiger partial charge in [-0.2, -0.15) is 5.26 Å². The van der Waals surface area contributed by atoms with Crippen LogP contribution in [-0.4, -0.2) is 38.7 Å². The van der Waals surface area contributed by atoms with Gasteiger partial charge in [-0.05, 0) is 45.3 Å². The van der Waals surface area contributed by atoms with Crippen molar-refractivity contribution in [2.24, 2.45) is 16.7 Å². The SMILES string of the molecule is COC(=O)C(CC(C)(C)C(C)(C#N)CCC(=O)O)C(C)(C)SC(=S)SC. The first-order valence-electron chi connectivity index (χ1n) is 8.24. The molecule has 0 fully saturated rings. The summed E-state index contributed by atoms with van der Waals surface area (Å²) in [5.74, 6) is -1.78. The van der Waals surface area contributed by atoms with Crippen molar-refractivity contribution in [3.8, 4) is 6.07 Å². The van der Waals surface area contributed by atoms with Crippen LogP contribution in [0.15, 0.2) is 0 Å². The summed E-state index contributed by atoms with van der Waals surface area (Å²) in [5, 5.41) is 18.7. The molecule has 0 aromatic rings. The van der Waals surface area contributed by atoms with Gasteiger partial charge in [0.05, 0.1) is 24.5 Å². The molecule has 2 atom stereocenters. The molecule has 0 bridgehead atoms. The maximum atomic E-state index is 12.5. The highest BCUT2D eigenvalue weighted by molar-refractivity contribution is 8.47. The van der Waals surface area contributed by atoms with Gasteiger partial charge in [0.2, 0.25) is 0 Å². The van der Waals surface area contributed by atoms with E-state index in [9.17, 15) is 14.9 Å². The number of aliphatic carboxylic acids is 1. The molecule has 0 amide bonds. The Bertz CT molecular complexity index is 583. The van der Waals surface area contributed by atoms with Gasteiger partial charge in [0.1, 0.15) is 3.53 Å². The molecule has 148 valence electrons. The highest BCUT2D eigenvalue weighted by Gasteiger charge is 2.48. The van der Waals surface area contributed by atoms with E-state index in [-0.39, 0.29) is 18.8 Å². The van der Waals surface area contributed by atoms with Gasteiger partial charge in [0.25, 0.3) is 0 Å². The van der Waals surface area contributed by atoms with Crippen LogP contribution < -0.4 is 0 Å². The molecule has 2 unspecified atom stereocenters. The molecule has 0 aromatic carbocycles. The summed E-state index contributed by atoms with van der Waals surface area (Å²) in [6.07, 6.45) is 2.41. The van der Waals surface area contributed by atoms with Gasteiger partial charge >= 0.3 is 11.9 Å². The third-order valence-corrected chi connectivity index (χ3v) is 7.94. The number of ether oxygens (including phenoxy) is 1. The zero-order chi connectivity index (χ0) is 20.8. The number of thioether (sulfide) groups is 2. The number of hydrogen-bond acceptors (Lipinski definition) is 7. The molecule has 8 heteroatoms. The maximum Gasteiger partial charge on any atom is 0.310 e. The largest absolute Gasteiger partial charge is 0.481 e. The Balaban J connectivity index is 5.73. The molecule has 0 saturated heterocycles. The van der Waals surface area contributed by atoms with Crippen molar-refractivity contribution < 1.29 is 19.4 Å². The van der Waals surface area contributed by atoms with Crippen LogP contribution in [0.2, 0.25) is 0 Å². The van der Waals surface area contributed by atoms with Crippen molar-refractivity contribution >= 4 is 51.2 Å². The lowest BCUT2D eigenvalue weighted by molar-refractivity contribution is -0.148. The number of carbonyl (C=O) groups is 2. The third-order valence-electron chi connectivity index (χ3n) is 5.13. The first kappa shape index (κ1) is 25.2. The lowest BCUT2D eigenvalue weighted by atomic mass is 9.60. The number of carboxylic acid groups (broad SMARTS) is 1. The van der Waals surface area contributed by atoms with Gasteiger partial charge in [-0.25, -0.2) is 0 Å². The number of carbonyl (C=O) groups excluding carboxylic acids is 1. The Labute approximate surface area is 170 Å². The number of nitrogens with zero attached hydrogens (tertiary/aromatic N) is 1. The van der Waals surface area contributed by atoms with Gasteiger partial charge < -0.3 is 9.84 Å². The van der Waals surface area contributed by atoms with Crippen molar-refractivity contribution in [1.82, 2.24) is 0 Å². The lowest BCUT2D eigenvalue weighted by Gasteiger charge is -2.43. The number of carboxylic acids is 1. The second-order valence-electron chi connectivity index (χ2n) is 7.66. The maximum absolute atomic E-state index is 12.5. The van der Waals surface area contributed by atoms with E-state index in [4.69, 9.17) is 22.1 Å². The molecular formula is C18H29NO4S3. The van der Waals surface area contributed by atoms with Crippen LogP contribution in [0.1, 0.15) is 53.9 Å². The minimum absolute atomic E-state index is 0.0922. The Kier molecular flexibility index (Phi) is 9.66. The number of thiocarbonyl (C=S) groups is 1. The molecular weight excluding hydrogens is 390 g/mol. The van der Waals surface area contributed by atoms with Gasteiger partial charge in [-0.15, -0.1) is 23.5 Å². The summed E-state index contributed by atoms with van der Waals surface area (Å²) in [5.41, 5.74) is -1.49. The van der Waals surface area contributed by atoms with Gasteiger partial charge in [0, 0.05) is 11.2 Å². The number of hydrogen-bond donors (Lipinski definition) is 1. The van der Waals surface area contributed by atoms with Gasteiger partial charge in [0.15, 0.2) is 0 Å². The predicted molar refractivity (Wildman–Crippen MR) is 112 cm³/mol. The average molecular weight is 420 g/mol. The Hall–Kier alpha value is -0.780. The highest BCUT2D eigenvalue weighted by atomic mass is 32.2. The first-order valence-corrected chi connectivity index (χ1v) is 10.7. The van der Waals surface area contributed by atoms with E-state index in [1.54, 1.807) is 6.92 Å². The van der Waals surface area contributed by atoms with Crippen LogP contribution in [0.4, 0.5) is 0 Å². The van der Waals surface area contributed by atoms with Crippen LogP contribution in [0.25, 0.3) is 0 Å². The van der Waals surface area contributed by atoms with Crippen molar-refractivity contribution in [1.29, 1.82) is 5.26 Å². The monoisotopic (exact) mass is 419 g/mol. The zero-order valence-electron chi connectivity index (χ0n) is 16.5. The van der Waals surface area contributed by atoms with Gasteiger partial charge in [-0.3, -0.25) is 9.59 Å². The topological polar surface area (TPSA) is 87.4 Å². The minimum atomic E-state index is -0.937. The Morgan fingerprint density at radius 3 is 2.19 bits per heavy atom. The molecule has 0 saturated carbocycles. The van der Waals surface area contributed by atoms with Crippen molar-refractivity contribution in [3.63, 3.8) is 0 Å². The second kappa shape index (κ2) is 9.95. The highest BCUT2D eigenvalue weighted by Crippen LogP contribution is 2.50. The van der Waals surface area contributed by atoms with E-state index < -0.39 is 27.5 Å². The first-order chi connectivity index (χ1) is 11.8.